The quantitative estimate of drug-likeness (QED) is 0.323. The molecule has 15 atom stereocenters. The molecule has 0 aromatic heterocycles. The van der Waals surface area contributed by atoms with E-state index in [1.54, 1.807) is 51.7 Å². The van der Waals surface area contributed by atoms with Crippen molar-refractivity contribution in [2.75, 3.05) is 48.1 Å². The van der Waals surface area contributed by atoms with E-state index in [1.807, 2.05) is 6.92 Å². The second kappa shape index (κ2) is 10.9. The third-order valence-electron chi connectivity index (χ3n) is 13.2. The molecule has 5 aliphatic carbocycles. The zero-order valence-electron chi connectivity index (χ0n) is 27.3. The van der Waals surface area contributed by atoms with E-state index < -0.39 is 88.3 Å². The highest BCUT2D eigenvalue weighted by Crippen LogP contribution is 2.80. The lowest BCUT2D eigenvalue weighted by atomic mass is 9.42. The lowest BCUT2D eigenvalue weighted by Crippen LogP contribution is -2.81. The number of piperidine rings is 1. The number of nitrogens with zero attached hydrogens (tertiary/aromatic N) is 1. The standard InChI is InChI=1S/C34H47NO11/c1-7-35-15-31(16-41-3)20(37)13-21(42-4)33-19-14-32(40)28(45-30(39)18-11-9-8-10-12-18)22(19)34(46-17(2)36,27(38)29(32)44-6)23(26(33)35)24(43-5)25(31)33/h8-12,19-29,37-38,40H,7,13-16H2,1-6H3/t19?,20?,21-,22?,23?,24?,25?,26?,27?,28?,29?,31-,32+,33-,34-/m0/s1. The minimum absolute atomic E-state index is 0.0791. The Balaban J connectivity index is 1.53. The molecule has 254 valence electrons. The van der Waals surface area contributed by atoms with E-state index in [1.165, 1.54) is 14.0 Å². The number of aliphatic hydroxyl groups is 3. The normalized spacial score (nSPS) is 49.9. The van der Waals surface area contributed by atoms with Gasteiger partial charge in [0.2, 0.25) is 0 Å². The highest BCUT2D eigenvalue weighted by Gasteiger charge is 2.92. The summed E-state index contributed by atoms with van der Waals surface area (Å²) in [7, 11) is 6.27. The summed E-state index contributed by atoms with van der Waals surface area (Å²) in [5.74, 6) is -3.65. The predicted molar refractivity (Wildman–Crippen MR) is 160 cm³/mol. The number of fused-ring (bicyclic) bond motifs is 2. The summed E-state index contributed by atoms with van der Waals surface area (Å²) in [6, 6.07) is 8.18. The number of carbonyl (C=O) groups excluding carboxylic acids is 2. The molecular weight excluding hydrogens is 598 g/mol. The molecule has 6 aliphatic rings. The van der Waals surface area contributed by atoms with Gasteiger partial charge in [-0.1, -0.05) is 25.1 Å². The number of ether oxygens (including phenoxy) is 6. The molecule has 1 spiro atoms. The van der Waals surface area contributed by atoms with Crippen molar-refractivity contribution in [3.8, 4) is 0 Å². The third-order valence-corrected chi connectivity index (χ3v) is 13.2. The number of rotatable bonds is 9. The van der Waals surface area contributed by atoms with E-state index in [0.717, 1.165) is 0 Å². The zero-order valence-corrected chi connectivity index (χ0v) is 27.3. The topological polar surface area (TPSA) is 153 Å². The minimum Gasteiger partial charge on any atom is -0.455 e. The molecule has 6 fully saturated rings. The average Bonchev–Trinajstić information content (AvgIpc) is 3.41. The van der Waals surface area contributed by atoms with E-state index in [-0.39, 0.29) is 25.0 Å². The SMILES string of the molecule is CCN1C[C@]2(COC)C(O)C[C@H](OC)[C@@]34C5C[C@]6(O)C(OC)C(O)[C@](OC(C)=O)(C5C6OC(=O)c5ccccc5)C(C(OC)C23)C14. The summed E-state index contributed by atoms with van der Waals surface area (Å²) in [4.78, 5) is 29.3. The van der Waals surface area contributed by atoms with Crippen LogP contribution in [0.15, 0.2) is 30.3 Å². The number of carbonyl (C=O) groups is 2. The van der Waals surface area contributed by atoms with Crippen LogP contribution < -0.4 is 0 Å². The van der Waals surface area contributed by atoms with Gasteiger partial charge in [-0.2, -0.15) is 0 Å². The molecule has 7 bridgehead atoms. The first-order chi connectivity index (χ1) is 22.0. The first-order valence-corrected chi connectivity index (χ1v) is 16.3. The molecule has 46 heavy (non-hydrogen) atoms. The number of esters is 2. The van der Waals surface area contributed by atoms with Gasteiger partial charge >= 0.3 is 11.9 Å². The van der Waals surface area contributed by atoms with Crippen molar-refractivity contribution >= 4 is 11.9 Å². The number of likely N-dealkylation sites (tertiary alicyclic amines) is 1. The molecule has 0 amide bonds. The van der Waals surface area contributed by atoms with Gasteiger partial charge in [-0.3, -0.25) is 9.69 Å². The van der Waals surface area contributed by atoms with E-state index in [2.05, 4.69) is 4.90 Å². The smallest absolute Gasteiger partial charge is 0.338 e. The van der Waals surface area contributed by atoms with Gasteiger partial charge in [0, 0.05) is 83.0 Å². The summed E-state index contributed by atoms with van der Waals surface area (Å²) in [5.41, 5.74) is -4.79. The van der Waals surface area contributed by atoms with Crippen LogP contribution >= 0.6 is 0 Å². The lowest BCUT2D eigenvalue weighted by Gasteiger charge is -2.70. The molecular formula is C34H47NO11. The van der Waals surface area contributed by atoms with Crippen LogP contribution in [0.3, 0.4) is 0 Å². The van der Waals surface area contributed by atoms with Crippen molar-refractivity contribution in [3.05, 3.63) is 35.9 Å². The van der Waals surface area contributed by atoms with E-state index in [4.69, 9.17) is 28.4 Å². The summed E-state index contributed by atoms with van der Waals surface area (Å²) in [6.45, 7) is 4.68. The molecule has 0 radical (unpaired) electrons. The Morgan fingerprint density at radius 3 is 2.30 bits per heavy atom. The highest BCUT2D eigenvalue weighted by atomic mass is 16.6. The van der Waals surface area contributed by atoms with E-state index in [9.17, 15) is 24.9 Å². The summed E-state index contributed by atoms with van der Waals surface area (Å²) in [5, 5.41) is 37.3. The van der Waals surface area contributed by atoms with Gasteiger partial charge in [0.25, 0.3) is 0 Å². The van der Waals surface area contributed by atoms with Gasteiger partial charge in [-0.25, -0.2) is 4.79 Å². The molecule has 1 heterocycles. The Morgan fingerprint density at radius 1 is 1.00 bits per heavy atom. The Hall–Kier alpha value is -2.16. The van der Waals surface area contributed by atoms with Crippen LogP contribution in [0.25, 0.3) is 0 Å². The van der Waals surface area contributed by atoms with Crippen LogP contribution in [0.5, 0.6) is 0 Å². The van der Waals surface area contributed by atoms with Crippen LogP contribution in [-0.2, 0) is 33.2 Å². The zero-order chi connectivity index (χ0) is 33.0. The summed E-state index contributed by atoms with van der Waals surface area (Å²) >= 11 is 0. The number of methoxy groups -OCH3 is 4. The molecule has 5 saturated carbocycles. The second-order valence-electron chi connectivity index (χ2n) is 14.4. The fourth-order valence-electron chi connectivity index (χ4n) is 12.3. The summed E-state index contributed by atoms with van der Waals surface area (Å²) < 4.78 is 37.4. The molecule has 12 nitrogen and oxygen atoms in total. The lowest BCUT2D eigenvalue weighted by molar-refractivity contribution is -0.322. The predicted octanol–water partition coefficient (Wildman–Crippen LogP) is 0.648. The maximum Gasteiger partial charge on any atom is 0.338 e. The first-order valence-electron chi connectivity index (χ1n) is 16.3. The fourth-order valence-corrected chi connectivity index (χ4v) is 12.3. The van der Waals surface area contributed by atoms with Crippen LogP contribution in [0.1, 0.15) is 37.0 Å². The van der Waals surface area contributed by atoms with Crippen molar-refractivity contribution in [2.45, 2.75) is 80.6 Å². The molecule has 7 rings (SSSR count). The van der Waals surface area contributed by atoms with Crippen molar-refractivity contribution in [2.24, 2.45) is 34.5 Å². The van der Waals surface area contributed by atoms with Crippen LogP contribution in [0.2, 0.25) is 0 Å². The van der Waals surface area contributed by atoms with Crippen molar-refractivity contribution in [1.29, 1.82) is 0 Å². The Labute approximate surface area is 269 Å². The van der Waals surface area contributed by atoms with Crippen molar-refractivity contribution in [1.82, 2.24) is 4.90 Å². The van der Waals surface area contributed by atoms with Crippen molar-refractivity contribution in [3.63, 3.8) is 0 Å². The monoisotopic (exact) mass is 645 g/mol. The Morgan fingerprint density at radius 2 is 1.72 bits per heavy atom. The Bertz CT molecular complexity index is 1360. The minimum atomic E-state index is -1.83. The van der Waals surface area contributed by atoms with Crippen LogP contribution in [-0.4, -0.2) is 134 Å². The molecule has 1 saturated heterocycles. The van der Waals surface area contributed by atoms with Gasteiger partial charge in [-0.05, 0) is 31.0 Å². The average molecular weight is 646 g/mol. The number of hydrogen-bond acceptors (Lipinski definition) is 12. The van der Waals surface area contributed by atoms with Gasteiger partial charge in [0.15, 0.2) is 5.60 Å². The molecule has 10 unspecified atom stereocenters. The molecule has 1 aliphatic heterocycles. The maximum atomic E-state index is 13.8. The highest BCUT2D eigenvalue weighted by molar-refractivity contribution is 5.89. The van der Waals surface area contributed by atoms with Crippen LogP contribution in [0.4, 0.5) is 0 Å². The van der Waals surface area contributed by atoms with Crippen molar-refractivity contribution < 1.29 is 53.3 Å². The molecule has 1 aromatic rings. The van der Waals surface area contributed by atoms with Gasteiger partial charge in [0.1, 0.15) is 23.9 Å². The number of benzene rings is 1. The molecule has 1 aromatic carbocycles. The fraction of sp³-hybridized carbons (Fsp3) is 0.765. The van der Waals surface area contributed by atoms with Gasteiger partial charge in [0.05, 0.1) is 30.5 Å². The van der Waals surface area contributed by atoms with Gasteiger partial charge in [-0.15, -0.1) is 0 Å². The number of aliphatic hydroxyl groups excluding tert-OH is 2. The van der Waals surface area contributed by atoms with E-state index >= 15 is 0 Å². The largest absolute Gasteiger partial charge is 0.455 e. The first kappa shape index (κ1) is 32.4. The Kier molecular flexibility index (Phi) is 7.69. The second-order valence-corrected chi connectivity index (χ2v) is 14.4. The third kappa shape index (κ3) is 3.62. The molecule has 3 N–H and O–H groups in total. The number of hydrogen-bond donors (Lipinski definition) is 3. The van der Waals surface area contributed by atoms with Crippen LogP contribution in [0, 0.1) is 34.5 Å². The molecule has 12 heteroatoms. The summed E-state index contributed by atoms with van der Waals surface area (Å²) in [6.07, 6.45) is -5.49. The van der Waals surface area contributed by atoms with Gasteiger partial charge < -0.3 is 43.7 Å². The van der Waals surface area contributed by atoms with E-state index in [0.29, 0.717) is 25.1 Å². The maximum absolute atomic E-state index is 13.8.